The van der Waals surface area contributed by atoms with Crippen LogP contribution >= 0.6 is 0 Å². The van der Waals surface area contributed by atoms with E-state index in [0.717, 1.165) is 24.4 Å². The Morgan fingerprint density at radius 3 is 2.61 bits per heavy atom. The van der Waals surface area contributed by atoms with Crippen molar-refractivity contribution in [2.24, 2.45) is 0 Å². The second-order valence-electron chi connectivity index (χ2n) is 8.08. The summed E-state index contributed by atoms with van der Waals surface area (Å²) in [6, 6.07) is 7.76. The third-order valence-corrected chi connectivity index (χ3v) is 5.45. The molecule has 1 aromatic carbocycles. The summed E-state index contributed by atoms with van der Waals surface area (Å²) in [4.78, 5) is 11.0. The third-order valence-electron chi connectivity index (χ3n) is 5.45. The molecule has 1 aliphatic heterocycles. The van der Waals surface area contributed by atoms with Crippen LogP contribution in [0.2, 0.25) is 0 Å². The SMILES string of the molecule is CC1COCC(C)N1c1cc(C(=N)c2cc(OC3(C)CC3)ccc2N)ncn1. The molecule has 2 unspecified atom stereocenters. The van der Waals surface area contributed by atoms with Gasteiger partial charge in [0.2, 0.25) is 0 Å². The number of nitrogens with zero attached hydrogens (tertiary/aromatic N) is 3. The van der Waals surface area contributed by atoms with E-state index >= 15 is 0 Å². The van der Waals surface area contributed by atoms with Gasteiger partial charge in [0.1, 0.15) is 23.5 Å². The van der Waals surface area contributed by atoms with Crippen LogP contribution in [0.1, 0.15) is 44.9 Å². The van der Waals surface area contributed by atoms with E-state index in [1.54, 1.807) is 6.07 Å². The first kappa shape index (κ1) is 18.7. The Morgan fingerprint density at radius 2 is 1.93 bits per heavy atom. The summed E-state index contributed by atoms with van der Waals surface area (Å²) < 4.78 is 11.6. The molecule has 2 atom stereocenters. The molecule has 0 amide bonds. The number of benzene rings is 1. The maximum absolute atomic E-state index is 8.70. The zero-order valence-electron chi connectivity index (χ0n) is 16.6. The number of rotatable bonds is 5. The van der Waals surface area contributed by atoms with Crippen LogP contribution in [0, 0.1) is 5.41 Å². The lowest BCUT2D eigenvalue weighted by atomic mass is 10.0. The monoisotopic (exact) mass is 381 g/mol. The Hall–Kier alpha value is -2.67. The Balaban J connectivity index is 1.62. The summed E-state index contributed by atoms with van der Waals surface area (Å²) in [6.07, 6.45) is 3.61. The van der Waals surface area contributed by atoms with Crippen molar-refractivity contribution in [1.29, 1.82) is 5.41 Å². The first-order valence-electron chi connectivity index (χ1n) is 9.72. The predicted molar refractivity (Wildman–Crippen MR) is 109 cm³/mol. The van der Waals surface area contributed by atoms with E-state index in [4.69, 9.17) is 20.6 Å². The fourth-order valence-electron chi connectivity index (χ4n) is 3.60. The number of morpholine rings is 1. The highest BCUT2D eigenvalue weighted by Crippen LogP contribution is 2.40. The minimum atomic E-state index is -0.0831. The molecule has 0 spiro atoms. The third kappa shape index (κ3) is 3.67. The number of aromatic nitrogens is 2. The number of hydrogen-bond donors (Lipinski definition) is 2. The van der Waals surface area contributed by atoms with E-state index in [9.17, 15) is 0 Å². The fraction of sp³-hybridized carbons (Fsp3) is 0.476. The zero-order valence-corrected chi connectivity index (χ0v) is 16.6. The van der Waals surface area contributed by atoms with Gasteiger partial charge in [-0.1, -0.05) is 0 Å². The van der Waals surface area contributed by atoms with E-state index in [2.05, 4.69) is 35.6 Å². The van der Waals surface area contributed by atoms with Crippen LogP contribution in [0.15, 0.2) is 30.6 Å². The molecule has 1 saturated heterocycles. The minimum absolute atomic E-state index is 0.0831. The Bertz CT molecular complexity index is 886. The zero-order chi connectivity index (χ0) is 19.9. The molecule has 2 heterocycles. The van der Waals surface area contributed by atoms with Gasteiger partial charge in [-0.25, -0.2) is 9.97 Å². The molecular formula is C21H27N5O2. The molecule has 2 aromatic rings. The molecule has 1 saturated carbocycles. The van der Waals surface area contributed by atoms with E-state index in [1.807, 2.05) is 18.2 Å². The second kappa shape index (κ2) is 7.05. The maximum atomic E-state index is 8.70. The predicted octanol–water partition coefficient (Wildman–Crippen LogP) is 3.02. The van der Waals surface area contributed by atoms with Crippen molar-refractivity contribution in [3.8, 4) is 5.75 Å². The van der Waals surface area contributed by atoms with Gasteiger partial charge in [-0.15, -0.1) is 0 Å². The number of anilines is 2. The van der Waals surface area contributed by atoms with Crippen molar-refractivity contribution >= 4 is 17.2 Å². The van der Waals surface area contributed by atoms with Crippen molar-refractivity contribution in [3.63, 3.8) is 0 Å². The van der Waals surface area contributed by atoms with Crippen molar-refractivity contribution in [2.45, 2.75) is 51.3 Å². The van der Waals surface area contributed by atoms with E-state index in [0.29, 0.717) is 30.2 Å². The van der Waals surface area contributed by atoms with Crippen LogP contribution in [-0.4, -0.2) is 46.6 Å². The molecule has 28 heavy (non-hydrogen) atoms. The van der Waals surface area contributed by atoms with E-state index < -0.39 is 0 Å². The first-order chi connectivity index (χ1) is 13.4. The Labute approximate surface area is 165 Å². The molecule has 1 aliphatic carbocycles. The fourth-order valence-corrected chi connectivity index (χ4v) is 3.60. The molecule has 2 fully saturated rings. The second-order valence-corrected chi connectivity index (χ2v) is 8.08. The lowest BCUT2D eigenvalue weighted by Gasteiger charge is -2.39. The number of nitrogens with one attached hydrogen (secondary N) is 1. The standard InChI is InChI=1S/C21H27N5O2/c1-13-10-27-11-14(2)26(13)19-9-18(24-12-25-19)20(23)16-8-15(4-5-17(16)22)28-21(3)6-7-21/h4-5,8-9,12-14,23H,6-7,10-11,22H2,1-3H3. The van der Waals surface area contributed by atoms with Gasteiger partial charge in [-0.05, 0) is 51.8 Å². The van der Waals surface area contributed by atoms with Crippen molar-refractivity contribution in [1.82, 2.24) is 9.97 Å². The molecule has 148 valence electrons. The summed E-state index contributed by atoms with van der Waals surface area (Å²) in [5, 5.41) is 8.70. The van der Waals surface area contributed by atoms with Gasteiger partial charge < -0.3 is 20.1 Å². The van der Waals surface area contributed by atoms with Gasteiger partial charge in [0, 0.05) is 17.3 Å². The molecule has 7 nitrogen and oxygen atoms in total. The largest absolute Gasteiger partial charge is 0.488 e. The highest BCUT2D eigenvalue weighted by Gasteiger charge is 2.40. The highest BCUT2D eigenvalue weighted by atomic mass is 16.5. The number of ether oxygens (including phenoxy) is 2. The van der Waals surface area contributed by atoms with Crippen LogP contribution in [0.3, 0.4) is 0 Å². The normalized spacial score (nSPS) is 23.3. The summed E-state index contributed by atoms with van der Waals surface area (Å²) in [7, 11) is 0. The summed E-state index contributed by atoms with van der Waals surface area (Å²) in [5.41, 5.74) is 8.04. The maximum Gasteiger partial charge on any atom is 0.133 e. The highest BCUT2D eigenvalue weighted by molar-refractivity contribution is 6.13. The quantitative estimate of drug-likeness (QED) is 0.610. The Morgan fingerprint density at radius 1 is 1.21 bits per heavy atom. The summed E-state index contributed by atoms with van der Waals surface area (Å²) in [6.45, 7) is 7.63. The summed E-state index contributed by atoms with van der Waals surface area (Å²) in [5.74, 6) is 1.54. The Kier molecular flexibility index (Phi) is 4.71. The average molecular weight is 381 g/mol. The molecule has 4 rings (SSSR count). The van der Waals surface area contributed by atoms with Crippen molar-refractivity contribution in [2.75, 3.05) is 23.8 Å². The van der Waals surface area contributed by atoms with Crippen molar-refractivity contribution < 1.29 is 9.47 Å². The van der Waals surface area contributed by atoms with Crippen LogP contribution in [0.25, 0.3) is 0 Å². The molecule has 2 aliphatic rings. The number of nitrogen functional groups attached to an aromatic ring is 1. The van der Waals surface area contributed by atoms with Crippen LogP contribution in [0.5, 0.6) is 5.75 Å². The topological polar surface area (TPSA) is 97.3 Å². The van der Waals surface area contributed by atoms with Gasteiger partial charge in [-0.2, -0.15) is 0 Å². The molecule has 0 bridgehead atoms. The van der Waals surface area contributed by atoms with Crippen LogP contribution in [-0.2, 0) is 4.74 Å². The number of hydrogen-bond acceptors (Lipinski definition) is 7. The van der Waals surface area contributed by atoms with Gasteiger partial charge in [0.15, 0.2) is 0 Å². The molecular weight excluding hydrogens is 354 g/mol. The van der Waals surface area contributed by atoms with Gasteiger partial charge >= 0.3 is 0 Å². The van der Waals surface area contributed by atoms with Crippen LogP contribution < -0.4 is 15.4 Å². The van der Waals surface area contributed by atoms with E-state index in [1.165, 1.54) is 6.33 Å². The van der Waals surface area contributed by atoms with Gasteiger partial charge in [0.25, 0.3) is 0 Å². The molecule has 1 aromatic heterocycles. The minimum Gasteiger partial charge on any atom is -0.488 e. The summed E-state index contributed by atoms with van der Waals surface area (Å²) >= 11 is 0. The van der Waals surface area contributed by atoms with Crippen LogP contribution in [0.4, 0.5) is 11.5 Å². The van der Waals surface area contributed by atoms with Gasteiger partial charge in [-0.3, -0.25) is 5.41 Å². The van der Waals surface area contributed by atoms with Crippen molar-refractivity contribution in [3.05, 3.63) is 41.9 Å². The molecule has 7 heteroatoms. The lowest BCUT2D eigenvalue weighted by molar-refractivity contribution is 0.0752. The van der Waals surface area contributed by atoms with E-state index in [-0.39, 0.29) is 23.4 Å². The molecule has 3 N–H and O–H groups in total. The average Bonchev–Trinajstić information content (AvgIpc) is 3.40. The number of nitrogens with two attached hydrogens (primary N) is 1. The smallest absolute Gasteiger partial charge is 0.133 e. The molecule has 0 radical (unpaired) electrons. The lowest BCUT2D eigenvalue weighted by Crippen LogP contribution is -2.50. The van der Waals surface area contributed by atoms with Gasteiger partial charge in [0.05, 0.1) is 36.7 Å². The first-order valence-corrected chi connectivity index (χ1v) is 9.72.